The van der Waals surface area contributed by atoms with E-state index < -0.39 is 0 Å². The molecule has 0 radical (unpaired) electrons. The number of nitrogens with two attached hydrogens (primary N) is 1. The predicted octanol–water partition coefficient (Wildman–Crippen LogP) is 4.41. The lowest BCUT2D eigenvalue weighted by Gasteiger charge is -2.25. The monoisotopic (exact) mass is 393 g/mol. The van der Waals surface area contributed by atoms with E-state index in [4.69, 9.17) is 15.8 Å². The summed E-state index contributed by atoms with van der Waals surface area (Å²) in [4.78, 5) is 18.0. The van der Waals surface area contributed by atoms with Gasteiger partial charge in [0.25, 0.3) is 0 Å². The normalized spacial score (nSPS) is 14.3. The lowest BCUT2D eigenvalue weighted by molar-refractivity contribution is 0.296. The van der Waals surface area contributed by atoms with E-state index >= 15 is 0 Å². The minimum Gasteiger partial charge on any atom is -0.383 e. The number of fused-ring (bicyclic) bond motifs is 2. The average Bonchev–Trinajstić information content (AvgIpc) is 3.13. The molecule has 0 aliphatic heterocycles. The van der Waals surface area contributed by atoms with Gasteiger partial charge >= 0.3 is 0 Å². The Bertz CT molecular complexity index is 1390. The summed E-state index contributed by atoms with van der Waals surface area (Å²) in [7, 11) is 0. The molecule has 2 N–H and O–H groups in total. The summed E-state index contributed by atoms with van der Waals surface area (Å²) in [5.41, 5.74) is 11.4. The van der Waals surface area contributed by atoms with Crippen molar-refractivity contribution in [3.63, 3.8) is 0 Å². The van der Waals surface area contributed by atoms with Gasteiger partial charge in [-0.05, 0) is 43.5 Å². The highest BCUT2D eigenvalue weighted by atomic mass is 15.3. The Kier molecular flexibility index (Phi) is 3.74. The summed E-state index contributed by atoms with van der Waals surface area (Å²) in [5, 5.41) is 6.79. The molecule has 0 saturated heterocycles. The van der Waals surface area contributed by atoms with Gasteiger partial charge in [0.05, 0.1) is 28.3 Å². The Morgan fingerprint density at radius 1 is 0.933 bits per heavy atom. The molecule has 0 bridgehead atoms. The number of aromatic nitrogens is 6. The maximum atomic E-state index is 6.25. The van der Waals surface area contributed by atoms with Gasteiger partial charge in [0.1, 0.15) is 17.8 Å². The number of nitrogens with zero attached hydrogens (tertiary/aromatic N) is 6. The number of hydrogen-bond donors (Lipinski definition) is 1. The minimum absolute atomic E-state index is 0.380. The van der Waals surface area contributed by atoms with E-state index in [0.717, 1.165) is 57.4 Å². The molecule has 7 heteroatoms. The van der Waals surface area contributed by atoms with Crippen LogP contribution in [0, 0.1) is 0 Å². The molecule has 6 rings (SSSR count). The fourth-order valence-corrected chi connectivity index (χ4v) is 4.00. The van der Waals surface area contributed by atoms with Crippen LogP contribution >= 0.6 is 0 Å². The van der Waals surface area contributed by atoms with Gasteiger partial charge in [0, 0.05) is 17.1 Å². The first-order valence-corrected chi connectivity index (χ1v) is 10.1. The van der Waals surface area contributed by atoms with E-state index in [-0.39, 0.29) is 0 Å². The standard InChI is InChI=1S/C23H19N7/c24-22-20-21(29-30(16-4-3-5-16)23(20)27-13-26-22)15-8-7-14-9-10-18(28-19(14)12-15)17-6-1-2-11-25-17/h1-2,6-13,16H,3-5H2,(H2,24,26,27). The number of anilines is 1. The molecule has 1 aromatic carbocycles. The largest absolute Gasteiger partial charge is 0.383 e. The van der Waals surface area contributed by atoms with Gasteiger partial charge in [0.2, 0.25) is 0 Å². The van der Waals surface area contributed by atoms with Crippen LogP contribution in [0.15, 0.2) is 61.1 Å². The van der Waals surface area contributed by atoms with Crippen molar-refractivity contribution in [1.29, 1.82) is 0 Å². The van der Waals surface area contributed by atoms with Crippen LogP contribution in [0.1, 0.15) is 25.3 Å². The number of benzene rings is 1. The molecule has 0 amide bonds. The van der Waals surface area contributed by atoms with Crippen LogP contribution in [-0.2, 0) is 0 Å². The molecular weight excluding hydrogens is 374 g/mol. The SMILES string of the molecule is Nc1ncnc2c1c(-c1ccc3ccc(-c4ccccn4)nc3c1)nn2C1CCC1. The molecule has 0 unspecified atom stereocenters. The van der Waals surface area contributed by atoms with Crippen LogP contribution in [0.2, 0.25) is 0 Å². The Morgan fingerprint density at radius 2 is 1.83 bits per heavy atom. The summed E-state index contributed by atoms with van der Waals surface area (Å²) in [6, 6.07) is 16.5. The van der Waals surface area contributed by atoms with E-state index in [0.29, 0.717) is 11.9 Å². The molecule has 1 aliphatic carbocycles. The maximum absolute atomic E-state index is 6.25. The molecule has 4 heterocycles. The van der Waals surface area contributed by atoms with Crippen LogP contribution in [0.3, 0.4) is 0 Å². The Hall–Kier alpha value is -3.87. The zero-order chi connectivity index (χ0) is 20.1. The van der Waals surface area contributed by atoms with Gasteiger partial charge in [-0.3, -0.25) is 4.98 Å². The predicted molar refractivity (Wildman–Crippen MR) is 117 cm³/mol. The number of rotatable bonds is 3. The zero-order valence-corrected chi connectivity index (χ0v) is 16.2. The van der Waals surface area contributed by atoms with Crippen molar-refractivity contribution >= 4 is 27.8 Å². The molecule has 4 aromatic heterocycles. The smallest absolute Gasteiger partial charge is 0.164 e. The van der Waals surface area contributed by atoms with E-state index in [1.807, 2.05) is 28.9 Å². The molecule has 1 fully saturated rings. The second-order valence-corrected chi connectivity index (χ2v) is 7.65. The van der Waals surface area contributed by atoms with Gasteiger partial charge in [-0.25, -0.2) is 19.6 Å². The Morgan fingerprint density at radius 3 is 2.63 bits per heavy atom. The fraction of sp³-hybridized carbons (Fsp3) is 0.174. The summed E-state index contributed by atoms with van der Waals surface area (Å²) in [6.07, 6.45) is 6.75. The number of hydrogen-bond acceptors (Lipinski definition) is 6. The third-order valence-electron chi connectivity index (χ3n) is 5.83. The quantitative estimate of drug-likeness (QED) is 0.488. The number of nitrogen functional groups attached to an aromatic ring is 1. The van der Waals surface area contributed by atoms with Gasteiger partial charge in [-0.2, -0.15) is 5.10 Å². The van der Waals surface area contributed by atoms with E-state index in [1.165, 1.54) is 12.7 Å². The van der Waals surface area contributed by atoms with Crippen molar-refractivity contribution in [2.45, 2.75) is 25.3 Å². The van der Waals surface area contributed by atoms with Crippen molar-refractivity contribution in [2.24, 2.45) is 0 Å². The van der Waals surface area contributed by atoms with Crippen molar-refractivity contribution < 1.29 is 0 Å². The van der Waals surface area contributed by atoms with E-state index in [1.54, 1.807) is 6.20 Å². The van der Waals surface area contributed by atoms with Gasteiger partial charge in [-0.15, -0.1) is 0 Å². The second-order valence-electron chi connectivity index (χ2n) is 7.65. The molecule has 7 nitrogen and oxygen atoms in total. The molecular formula is C23H19N7. The Labute approximate surface area is 172 Å². The summed E-state index contributed by atoms with van der Waals surface area (Å²) >= 11 is 0. The van der Waals surface area contributed by atoms with Gasteiger partial charge < -0.3 is 5.73 Å². The van der Waals surface area contributed by atoms with Crippen LogP contribution in [-0.4, -0.2) is 29.7 Å². The van der Waals surface area contributed by atoms with Crippen LogP contribution in [0.25, 0.3) is 44.6 Å². The average molecular weight is 393 g/mol. The maximum Gasteiger partial charge on any atom is 0.164 e. The Balaban J connectivity index is 1.53. The highest BCUT2D eigenvalue weighted by Gasteiger charge is 2.26. The van der Waals surface area contributed by atoms with Gasteiger partial charge in [-0.1, -0.05) is 24.3 Å². The molecule has 146 valence electrons. The minimum atomic E-state index is 0.380. The molecule has 1 saturated carbocycles. The molecule has 0 atom stereocenters. The summed E-state index contributed by atoms with van der Waals surface area (Å²) < 4.78 is 2.02. The van der Waals surface area contributed by atoms with E-state index in [2.05, 4.69) is 39.2 Å². The van der Waals surface area contributed by atoms with Crippen LogP contribution in [0.5, 0.6) is 0 Å². The first kappa shape index (κ1) is 17.0. The van der Waals surface area contributed by atoms with Crippen LogP contribution < -0.4 is 5.73 Å². The van der Waals surface area contributed by atoms with Crippen LogP contribution in [0.4, 0.5) is 5.82 Å². The lowest BCUT2D eigenvalue weighted by Crippen LogP contribution is -2.18. The van der Waals surface area contributed by atoms with Crippen molar-refractivity contribution in [1.82, 2.24) is 29.7 Å². The molecule has 0 spiro atoms. The lowest BCUT2D eigenvalue weighted by atomic mass is 9.93. The number of pyridine rings is 2. The molecule has 30 heavy (non-hydrogen) atoms. The highest BCUT2D eigenvalue weighted by Crippen LogP contribution is 2.38. The third kappa shape index (κ3) is 2.62. The second kappa shape index (κ2) is 6.59. The molecule has 1 aliphatic rings. The zero-order valence-electron chi connectivity index (χ0n) is 16.2. The summed E-state index contributed by atoms with van der Waals surface area (Å²) in [6.45, 7) is 0. The summed E-state index contributed by atoms with van der Waals surface area (Å²) in [5.74, 6) is 0.455. The fourth-order valence-electron chi connectivity index (χ4n) is 4.00. The van der Waals surface area contributed by atoms with Crippen molar-refractivity contribution in [2.75, 3.05) is 5.73 Å². The topological polar surface area (TPSA) is 95.4 Å². The first-order chi connectivity index (χ1) is 14.8. The van der Waals surface area contributed by atoms with Crippen molar-refractivity contribution in [3.05, 3.63) is 61.1 Å². The highest BCUT2D eigenvalue weighted by molar-refractivity contribution is 6.00. The third-order valence-corrected chi connectivity index (χ3v) is 5.83. The van der Waals surface area contributed by atoms with E-state index in [9.17, 15) is 0 Å². The molecule has 5 aromatic rings. The first-order valence-electron chi connectivity index (χ1n) is 10.1. The van der Waals surface area contributed by atoms with Crippen molar-refractivity contribution in [3.8, 4) is 22.6 Å². The van der Waals surface area contributed by atoms with Gasteiger partial charge in [0.15, 0.2) is 5.65 Å².